The Labute approximate surface area is 113 Å². The number of ketones is 1. The first kappa shape index (κ1) is 12.1. The van der Waals surface area contributed by atoms with Crippen LogP contribution in [0.15, 0.2) is 24.3 Å². The molecule has 0 radical (unpaired) electrons. The molecule has 1 aliphatic rings. The van der Waals surface area contributed by atoms with E-state index in [9.17, 15) is 9.59 Å². The predicted molar refractivity (Wildman–Crippen MR) is 72.6 cm³/mol. The Morgan fingerprint density at radius 3 is 2.89 bits per heavy atom. The summed E-state index contributed by atoms with van der Waals surface area (Å²) in [6.45, 7) is 0.684. The average Bonchev–Trinajstić information content (AvgIpc) is 3.03. The molecule has 6 heteroatoms. The number of hydrogen-bond acceptors (Lipinski definition) is 5. The highest BCUT2D eigenvalue weighted by Gasteiger charge is 2.35. The summed E-state index contributed by atoms with van der Waals surface area (Å²) in [5, 5.41) is 9.59. The van der Waals surface area contributed by atoms with E-state index in [2.05, 4.69) is 4.98 Å². The summed E-state index contributed by atoms with van der Waals surface area (Å²) >= 11 is 1.50. The molecular weight excluding hydrogens is 264 g/mol. The summed E-state index contributed by atoms with van der Waals surface area (Å²) in [5.74, 6) is -2.10. The fourth-order valence-electron chi connectivity index (χ4n) is 2.39. The minimum absolute atomic E-state index is 0.571. The number of carboxylic acids is 1. The predicted octanol–water partition coefficient (Wildman–Crippen LogP) is 1.92. The SMILES string of the molecule is O=C(O)C(=O)[C@@H]1CCCN1c1nc2ccccc2s1. The first-order chi connectivity index (χ1) is 9.16. The highest BCUT2D eigenvalue weighted by atomic mass is 32.1. The van der Waals surface area contributed by atoms with Crippen molar-refractivity contribution in [2.75, 3.05) is 11.4 Å². The van der Waals surface area contributed by atoms with Crippen LogP contribution in [0.25, 0.3) is 10.2 Å². The topological polar surface area (TPSA) is 70.5 Å². The van der Waals surface area contributed by atoms with Crippen LogP contribution in [-0.4, -0.2) is 34.4 Å². The molecule has 0 spiro atoms. The standard InChI is InChI=1S/C13H12N2O3S/c16-11(12(17)18)9-5-3-7-15(9)13-14-8-4-1-2-6-10(8)19-13/h1-2,4,6,9H,3,5,7H2,(H,17,18)/t9-/m0/s1. The van der Waals surface area contributed by atoms with E-state index in [-0.39, 0.29) is 0 Å². The number of benzene rings is 1. The van der Waals surface area contributed by atoms with Crippen LogP contribution < -0.4 is 4.90 Å². The second-order valence-electron chi connectivity index (χ2n) is 4.48. The molecule has 2 aromatic rings. The van der Waals surface area contributed by atoms with Crippen LogP contribution in [-0.2, 0) is 9.59 Å². The third-order valence-corrected chi connectivity index (χ3v) is 4.37. The number of hydrogen-bond donors (Lipinski definition) is 1. The molecule has 3 rings (SSSR count). The normalized spacial score (nSPS) is 18.9. The molecule has 2 heterocycles. The second-order valence-corrected chi connectivity index (χ2v) is 5.49. The van der Waals surface area contributed by atoms with Crippen molar-refractivity contribution in [3.63, 3.8) is 0 Å². The Morgan fingerprint density at radius 1 is 1.37 bits per heavy atom. The van der Waals surface area contributed by atoms with Gasteiger partial charge in [-0.2, -0.15) is 0 Å². The van der Waals surface area contributed by atoms with Gasteiger partial charge in [-0.25, -0.2) is 9.78 Å². The van der Waals surface area contributed by atoms with Gasteiger partial charge in [0.05, 0.1) is 10.2 Å². The maximum atomic E-state index is 11.7. The van der Waals surface area contributed by atoms with E-state index < -0.39 is 17.8 Å². The number of carboxylic acid groups (broad SMARTS) is 1. The van der Waals surface area contributed by atoms with Crippen molar-refractivity contribution in [3.05, 3.63) is 24.3 Å². The van der Waals surface area contributed by atoms with Gasteiger partial charge in [-0.05, 0) is 25.0 Å². The Morgan fingerprint density at radius 2 is 2.16 bits per heavy atom. The lowest BCUT2D eigenvalue weighted by Gasteiger charge is -2.20. The molecule has 1 saturated heterocycles. The minimum atomic E-state index is -1.36. The van der Waals surface area contributed by atoms with E-state index in [0.29, 0.717) is 13.0 Å². The zero-order valence-corrected chi connectivity index (χ0v) is 10.9. The Balaban J connectivity index is 1.96. The van der Waals surface area contributed by atoms with Gasteiger partial charge in [0.2, 0.25) is 0 Å². The number of aromatic nitrogens is 1. The number of aliphatic carboxylic acids is 1. The van der Waals surface area contributed by atoms with Crippen LogP contribution in [0.5, 0.6) is 0 Å². The van der Waals surface area contributed by atoms with Crippen molar-refractivity contribution in [1.82, 2.24) is 4.98 Å². The van der Waals surface area contributed by atoms with E-state index in [1.807, 2.05) is 29.2 Å². The van der Waals surface area contributed by atoms with Crippen molar-refractivity contribution in [2.45, 2.75) is 18.9 Å². The molecule has 0 bridgehead atoms. The first-order valence-corrected chi connectivity index (χ1v) is 6.88. The molecule has 1 fully saturated rings. The summed E-state index contributed by atoms with van der Waals surface area (Å²) in [7, 11) is 0. The van der Waals surface area contributed by atoms with Crippen LogP contribution in [0.3, 0.4) is 0 Å². The molecule has 1 N–H and O–H groups in total. The number of carbonyl (C=O) groups is 2. The summed E-state index contributed by atoms with van der Waals surface area (Å²) in [6.07, 6.45) is 1.40. The van der Waals surface area contributed by atoms with Crippen LogP contribution >= 0.6 is 11.3 Å². The number of fused-ring (bicyclic) bond motifs is 1. The number of thiazole rings is 1. The van der Waals surface area contributed by atoms with Crippen molar-refractivity contribution in [2.24, 2.45) is 0 Å². The molecule has 1 aliphatic heterocycles. The molecule has 0 unspecified atom stereocenters. The van der Waals surface area contributed by atoms with Crippen LogP contribution in [0.2, 0.25) is 0 Å². The van der Waals surface area contributed by atoms with Gasteiger partial charge in [0.1, 0.15) is 6.04 Å². The van der Waals surface area contributed by atoms with Crippen molar-refractivity contribution < 1.29 is 14.7 Å². The summed E-state index contributed by atoms with van der Waals surface area (Å²) < 4.78 is 1.05. The molecule has 19 heavy (non-hydrogen) atoms. The van der Waals surface area contributed by atoms with Gasteiger partial charge in [0.15, 0.2) is 5.13 Å². The molecule has 1 atom stereocenters. The molecule has 1 aromatic carbocycles. The monoisotopic (exact) mass is 276 g/mol. The third kappa shape index (κ3) is 2.08. The number of nitrogens with zero attached hydrogens (tertiary/aromatic N) is 2. The van der Waals surface area contributed by atoms with Gasteiger partial charge in [-0.15, -0.1) is 0 Å². The van der Waals surface area contributed by atoms with E-state index in [0.717, 1.165) is 21.8 Å². The highest BCUT2D eigenvalue weighted by Crippen LogP contribution is 2.33. The molecular formula is C13H12N2O3S. The van der Waals surface area contributed by atoms with Crippen molar-refractivity contribution in [3.8, 4) is 0 Å². The number of anilines is 1. The second kappa shape index (κ2) is 4.62. The fourth-order valence-corrected chi connectivity index (χ4v) is 3.44. The zero-order valence-electron chi connectivity index (χ0n) is 10.1. The number of carbonyl (C=O) groups excluding carboxylic acids is 1. The molecule has 0 aliphatic carbocycles. The quantitative estimate of drug-likeness (QED) is 0.867. The Hall–Kier alpha value is -1.95. The van der Waals surface area contributed by atoms with E-state index >= 15 is 0 Å². The number of rotatable bonds is 3. The summed E-state index contributed by atoms with van der Waals surface area (Å²) in [5.41, 5.74) is 0.885. The smallest absolute Gasteiger partial charge is 0.374 e. The maximum Gasteiger partial charge on any atom is 0.374 e. The van der Waals surface area contributed by atoms with Gasteiger partial charge < -0.3 is 10.0 Å². The van der Waals surface area contributed by atoms with E-state index in [4.69, 9.17) is 5.11 Å². The third-order valence-electron chi connectivity index (χ3n) is 3.29. The Kier molecular flexibility index (Phi) is 2.94. The zero-order chi connectivity index (χ0) is 13.4. The van der Waals surface area contributed by atoms with Gasteiger partial charge in [-0.3, -0.25) is 4.79 Å². The largest absolute Gasteiger partial charge is 0.475 e. The van der Waals surface area contributed by atoms with Crippen molar-refractivity contribution in [1.29, 1.82) is 0 Å². The molecule has 5 nitrogen and oxygen atoms in total. The molecule has 0 saturated carbocycles. The molecule has 98 valence electrons. The maximum absolute atomic E-state index is 11.7. The lowest BCUT2D eigenvalue weighted by Crippen LogP contribution is -2.39. The number of para-hydroxylation sites is 1. The van der Waals surface area contributed by atoms with E-state index in [1.165, 1.54) is 11.3 Å². The van der Waals surface area contributed by atoms with Crippen LogP contribution in [0.1, 0.15) is 12.8 Å². The van der Waals surface area contributed by atoms with Gasteiger partial charge >= 0.3 is 5.97 Å². The minimum Gasteiger partial charge on any atom is -0.475 e. The summed E-state index contributed by atoms with van der Waals surface area (Å²) in [4.78, 5) is 28.8. The Bertz CT molecular complexity index is 619. The lowest BCUT2D eigenvalue weighted by atomic mass is 10.1. The first-order valence-electron chi connectivity index (χ1n) is 6.06. The number of Topliss-reactive ketones (excluding diaryl/α,β-unsaturated/α-hetero) is 1. The van der Waals surface area contributed by atoms with Gasteiger partial charge in [0, 0.05) is 6.54 Å². The summed E-state index contributed by atoms with van der Waals surface area (Å²) in [6, 6.07) is 7.17. The van der Waals surface area contributed by atoms with Gasteiger partial charge in [0.25, 0.3) is 5.78 Å². The highest BCUT2D eigenvalue weighted by molar-refractivity contribution is 7.22. The van der Waals surface area contributed by atoms with E-state index in [1.54, 1.807) is 0 Å². The van der Waals surface area contributed by atoms with Crippen LogP contribution in [0, 0.1) is 0 Å². The average molecular weight is 276 g/mol. The van der Waals surface area contributed by atoms with Crippen LogP contribution in [0.4, 0.5) is 5.13 Å². The molecule has 0 amide bonds. The molecule has 1 aromatic heterocycles. The fraction of sp³-hybridized carbons (Fsp3) is 0.308. The van der Waals surface area contributed by atoms with Crippen molar-refractivity contribution >= 4 is 38.4 Å². The lowest BCUT2D eigenvalue weighted by molar-refractivity contribution is -0.149. The van der Waals surface area contributed by atoms with Gasteiger partial charge in [-0.1, -0.05) is 23.5 Å².